The maximum Gasteiger partial charge on any atom is 0.303 e. The molecule has 4 nitrogen and oxygen atoms in total. The van der Waals surface area contributed by atoms with Gasteiger partial charge < -0.3 is 14.6 Å². The number of ether oxygens (including phenoxy) is 2. The number of fused-ring (bicyclic) bond motifs is 2. The third kappa shape index (κ3) is 7.10. The molecule has 2 heterocycles. The van der Waals surface area contributed by atoms with Gasteiger partial charge in [0, 0.05) is 24.2 Å². The number of aliphatic carboxylic acids is 1. The number of carboxylic acid groups (broad SMARTS) is 1. The molecule has 2 fully saturated rings. The number of thioether (sulfide) groups is 1. The molecular weight excluding hydrogens is 336 g/mol. The molecule has 146 valence electrons. The monoisotopic (exact) mass is 372 g/mol. The number of hydrogen-bond donors (Lipinski definition) is 1. The van der Waals surface area contributed by atoms with Crippen molar-refractivity contribution in [3.05, 3.63) is 0 Å². The van der Waals surface area contributed by atoms with Crippen molar-refractivity contribution in [2.75, 3.05) is 19.0 Å². The van der Waals surface area contributed by atoms with E-state index in [-0.39, 0.29) is 6.42 Å². The minimum absolute atomic E-state index is 0.247. The van der Waals surface area contributed by atoms with E-state index < -0.39 is 5.97 Å². The Morgan fingerprint density at radius 1 is 1.24 bits per heavy atom. The average molecular weight is 373 g/mol. The molecule has 0 saturated carbocycles. The molecule has 2 aliphatic heterocycles. The molecular formula is C20H36O4S. The van der Waals surface area contributed by atoms with Crippen molar-refractivity contribution in [3.63, 3.8) is 0 Å². The van der Waals surface area contributed by atoms with Crippen LogP contribution in [0.4, 0.5) is 0 Å². The predicted octanol–water partition coefficient (Wildman–Crippen LogP) is 4.75. The normalized spacial score (nSPS) is 29.2. The molecule has 0 amide bonds. The standard InChI is InChI=1S/C20H36O4S/c1-3-4-7-15(2)25-13-11-16-17(19-10-9-18(16)24-19)14-23-12-6-5-8-20(21)22/h15-19H,3-14H2,1-2H3,(H,21,22). The highest BCUT2D eigenvalue weighted by Gasteiger charge is 2.48. The van der Waals surface area contributed by atoms with Gasteiger partial charge in [0.15, 0.2) is 0 Å². The second-order valence-corrected chi connectivity index (χ2v) is 9.20. The fraction of sp³-hybridized carbons (Fsp3) is 0.950. The van der Waals surface area contributed by atoms with Gasteiger partial charge in [0.25, 0.3) is 0 Å². The number of carbonyl (C=O) groups is 1. The van der Waals surface area contributed by atoms with Gasteiger partial charge in [-0.1, -0.05) is 26.7 Å². The van der Waals surface area contributed by atoms with E-state index in [1.807, 2.05) is 0 Å². The number of carboxylic acids is 1. The van der Waals surface area contributed by atoms with E-state index in [2.05, 4.69) is 25.6 Å². The molecule has 5 atom stereocenters. The zero-order chi connectivity index (χ0) is 18.1. The molecule has 0 spiro atoms. The van der Waals surface area contributed by atoms with E-state index in [4.69, 9.17) is 14.6 Å². The quantitative estimate of drug-likeness (QED) is 0.446. The van der Waals surface area contributed by atoms with Crippen LogP contribution in [0.3, 0.4) is 0 Å². The number of hydrogen-bond acceptors (Lipinski definition) is 4. The van der Waals surface area contributed by atoms with Gasteiger partial charge in [-0.3, -0.25) is 4.79 Å². The fourth-order valence-electron chi connectivity index (χ4n) is 4.18. The number of rotatable bonds is 14. The van der Waals surface area contributed by atoms with Crippen molar-refractivity contribution in [1.82, 2.24) is 0 Å². The Bertz CT molecular complexity index is 390. The van der Waals surface area contributed by atoms with E-state index in [1.54, 1.807) is 0 Å². The molecule has 0 radical (unpaired) electrons. The molecule has 2 bridgehead atoms. The molecule has 1 N–H and O–H groups in total. The topological polar surface area (TPSA) is 55.8 Å². The second kappa shape index (κ2) is 11.5. The molecule has 0 aromatic carbocycles. The van der Waals surface area contributed by atoms with Crippen LogP contribution in [-0.2, 0) is 14.3 Å². The third-order valence-electron chi connectivity index (χ3n) is 5.65. The van der Waals surface area contributed by atoms with Crippen molar-refractivity contribution < 1.29 is 19.4 Å². The summed E-state index contributed by atoms with van der Waals surface area (Å²) < 4.78 is 12.0. The van der Waals surface area contributed by atoms with Crippen LogP contribution >= 0.6 is 11.8 Å². The smallest absolute Gasteiger partial charge is 0.303 e. The summed E-state index contributed by atoms with van der Waals surface area (Å²) in [6, 6.07) is 0. The highest BCUT2D eigenvalue weighted by Crippen LogP contribution is 2.45. The summed E-state index contributed by atoms with van der Waals surface area (Å²) in [5.41, 5.74) is 0. The number of unbranched alkanes of at least 4 members (excludes halogenated alkanes) is 2. The lowest BCUT2D eigenvalue weighted by Crippen LogP contribution is -2.31. The Hall–Kier alpha value is -0.260. The highest BCUT2D eigenvalue weighted by atomic mass is 32.2. The van der Waals surface area contributed by atoms with Crippen LogP contribution in [0.5, 0.6) is 0 Å². The molecule has 0 aromatic heterocycles. The summed E-state index contributed by atoms with van der Waals surface area (Å²) in [5, 5.41) is 9.43. The van der Waals surface area contributed by atoms with Gasteiger partial charge in [-0.25, -0.2) is 0 Å². The Labute approximate surface area is 157 Å². The summed E-state index contributed by atoms with van der Waals surface area (Å²) in [4.78, 5) is 10.5. The minimum Gasteiger partial charge on any atom is -0.481 e. The Kier molecular flexibility index (Phi) is 9.64. The van der Waals surface area contributed by atoms with Gasteiger partial charge in [-0.15, -0.1) is 0 Å². The Balaban J connectivity index is 1.63. The van der Waals surface area contributed by atoms with Gasteiger partial charge in [0.05, 0.1) is 18.8 Å². The maximum atomic E-state index is 10.5. The van der Waals surface area contributed by atoms with Crippen molar-refractivity contribution in [2.45, 2.75) is 89.1 Å². The first kappa shape index (κ1) is 21.0. The fourth-order valence-corrected chi connectivity index (χ4v) is 5.33. The van der Waals surface area contributed by atoms with E-state index in [1.165, 1.54) is 44.3 Å². The van der Waals surface area contributed by atoms with E-state index >= 15 is 0 Å². The van der Waals surface area contributed by atoms with Crippen LogP contribution in [0.2, 0.25) is 0 Å². The van der Waals surface area contributed by atoms with Gasteiger partial charge in [0.2, 0.25) is 0 Å². The largest absolute Gasteiger partial charge is 0.481 e. The van der Waals surface area contributed by atoms with Crippen LogP contribution in [0.15, 0.2) is 0 Å². The van der Waals surface area contributed by atoms with Crippen molar-refractivity contribution >= 4 is 17.7 Å². The lowest BCUT2D eigenvalue weighted by atomic mass is 9.78. The highest BCUT2D eigenvalue weighted by molar-refractivity contribution is 7.99. The second-order valence-electron chi connectivity index (χ2n) is 7.66. The molecule has 2 saturated heterocycles. The minimum atomic E-state index is -0.716. The first-order chi connectivity index (χ1) is 12.1. The first-order valence-corrected chi connectivity index (χ1v) is 11.2. The molecule has 25 heavy (non-hydrogen) atoms. The van der Waals surface area contributed by atoms with Gasteiger partial charge in [0.1, 0.15) is 0 Å². The predicted molar refractivity (Wildman–Crippen MR) is 103 cm³/mol. The summed E-state index contributed by atoms with van der Waals surface area (Å²) in [7, 11) is 0. The SMILES string of the molecule is CCCCC(C)SCCC1C2CCC(O2)C1COCCCCC(=O)O. The molecule has 0 aliphatic carbocycles. The summed E-state index contributed by atoms with van der Waals surface area (Å²) >= 11 is 2.12. The zero-order valence-corrected chi connectivity index (χ0v) is 16.8. The summed E-state index contributed by atoms with van der Waals surface area (Å²) in [5.74, 6) is 1.72. The van der Waals surface area contributed by atoms with Crippen molar-refractivity contribution in [1.29, 1.82) is 0 Å². The van der Waals surface area contributed by atoms with Crippen molar-refractivity contribution in [3.8, 4) is 0 Å². The Morgan fingerprint density at radius 3 is 2.72 bits per heavy atom. The Morgan fingerprint density at radius 2 is 2.00 bits per heavy atom. The summed E-state index contributed by atoms with van der Waals surface area (Å²) in [6.45, 7) is 6.08. The first-order valence-electron chi connectivity index (χ1n) is 10.2. The average Bonchev–Trinajstić information content (AvgIpc) is 3.18. The lowest BCUT2D eigenvalue weighted by Gasteiger charge is -2.28. The summed E-state index contributed by atoms with van der Waals surface area (Å²) in [6.07, 6.45) is 10.3. The third-order valence-corrected chi connectivity index (χ3v) is 6.92. The molecule has 2 rings (SSSR count). The lowest BCUT2D eigenvalue weighted by molar-refractivity contribution is -0.137. The van der Waals surface area contributed by atoms with Crippen LogP contribution in [0.1, 0.15) is 71.6 Å². The van der Waals surface area contributed by atoms with Crippen LogP contribution in [-0.4, -0.2) is 47.5 Å². The van der Waals surface area contributed by atoms with Gasteiger partial charge >= 0.3 is 5.97 Å². The molecule has 0 aromatic rings. The van der Waals surface area contributed by atoms with Crippen molar-refractivity contribution in [2.24, 2.45) is 11.8 Å². The van der Waals surface area contributed by atoms with Crippen LogP contribution in [0, 0.1) is 11.8 Å². The van der Waals surface area contributed by atoms with Gasteiger partial charge in [-0.05, 0) is 50.2 Å². The maximum absolute atomic E-state index is 10.5. The van der Waals surface area contributed by atoms with E-state index in [9.17, 15) is 4.79 Å². The molecule has 5 heteroatoms. The zero-order valence-electron chi connectivity index (χ0n) is 16.0. The van der Waals surface area contributed by atoms with E-state index in [0.29, 0.717) is 37.1 Å². The van der Waals surface area contributed by atoms with Gasteiger partial charge in [-0.2, -0.15) is 11.8 Å². The molecule has 5 unspecified atom stereocenters. The molecule has 2 aliphatic rings. The van der Waals surface area contributed by atoms with Crippen LogP contribution in [0.25, 0.3) is 0 Å². The van der Waals surface area contributed by atoms with Crippen LogP contribution < -0.4 is 0 Å². The van der Waals surface area contributed by atoms with E-state index in [0.717, 1.165) is 18.3 Å².